The zero-order valence-corrected chi connectivity index (χ0v) is 15.3. The predicted octanol–water partition coefficient (Wildman–Crippen LogP) is 2.81. The summed E-state index contributed by atoms with van der Waals surface area (Å²) in [6.07, 6.45) is 6.13. The van der Waals surface area contributed by atoms with Crippen LogP contribution in [0, 0.1) is 0 Å². The summed E-state index contributed by atoms with van der Waals surface area (Å²) in [6.45, 7) is 4.11. The largest absolute Gasteiger partial charge is 0.465 e. The molecule has 1 atom stereocenters. The van der Waals surface area contributed by atoms with Crippen molar-refractivity contribution in [3.63, 3.8) is 0 Å². The molecule has 0 spiro atoms. The van der Waals surface area contributed by atoms with Crippen LogP contribution in [0.1, 0.15) is 45.4 Å². The number of hydrogen-bond acceptors (Lipinski definition) is 5. The fourth-order valence-electron chi connectivity index (χ4n) is 3.40. The van der Waals surface area contributed by atoms with Crippen LogP contribution >= 0.6 is 0 Å². The third-order valence-corrected chi connectivity index (χ3v) is 4.88. The van der Waals surface area contributed by atoms with E-state index < -0.39 is 0 Å². The minimum atomic E-state index is -0.209. The van der Waals surface area contributed by atoms with Crippen molar-refractivity contribution in [3.05, 3.63) is 28.7 Å². The monoisotopic (exact) mass is 360 g/mol. The van der Waals surface area contributed by atoms with Crippen LogP contribution in [-0.2, 0) is 9.53 Å². The molecule has 1 aromatic carbocycles. The Morgan fingerprint density at radius 3 is 2.96 bits per heavy atom. The summed E-state index contributed by atoms with van der Waals surface area (Å²) in [5.74, 6) is -0.104. The normalized spacial score (nSPS) is 18.1. The number of anilines is 1. The molecule has 1 saturated heterocycles. The molecule has 142 valence electrons. The quantitative estimate of drug-likeness (QED) is 0.497. The molecule has 2 heterocycles. The Bertz CT molecular complexity index is 782. The van der Waals surface area contributed by atoms with Crippen LogP contribution in [0.15, 0.2) is 23.0 Å². The molecule has 26 heavy (non-hydrogen) atoms. The van der Waals surface area contributed by atoms with Crippen LogP contribution in [-0.4, -0.2) is 46.7 Å². The Hall–Kier alpha value is -2.28. The van der Waals surface area contributed by atoms with Crippen LogP contribution in [0.5, 0.6) is 0 Å². The molecule has 7 nitrogen and oxygen atoms in total. The van der Waals surface area contributed by atoms with Crippen LogP contribution in [0.3, 0.4) is 0 Å². The number of rotatable bonds is 8. The van der Waals surface area contributed by atoms with Crippen molar-refractivity contribution in [2.24, 2.45) is 0 Å². The first-order valence-corrected chi connectivity index (χ1v) is 9.54. The van der Waals surface area contributed by atoms with Crippen molar-refractivity contribution < 1.29 is 9.53 Å². The smallest absolute Gasteiger partial charge is 0.323 e. The van der Waals surface area contributed by atoms with Crippen molar-refractivity contribution in [3.8, 4) is 0 Å². The molecule has 1 aromatic heterocycles. The third-order valence-electron chi connectivity index (χ3n) is 4.88. The number of carbonyl (C=O) groups is 1. The van der Waals surface area contributed by atoms with E-state index in [2.05, 4.69) is 27.1 Å². The predicted molar refractivity (Wildman–Crippen MR) is 102 cm³/mol. The van der Waals surface area contributed by atoms with Gasteiger partial charge in [-0.25, -0.2) is 4.79 Å². The lowest BCUT2D eigenvalue weighted by Crippen LogP contribution is -2.47. The van der Waals surface area contributed by atoms with Gasteiger partial charge in [0.15, 0.2) is 0 Å². The van der Waals surface area contributed by atoms with E-state index >= 15 is 0 Å². The fraction of sp³-hybridized carbons (Fsp3) is 0.579. The van der Waals surface area contributed by atoms with E-state index in [1.54, 1.807) is 0 Å². The van der Waals surface area contributed by atoms with E-state index in [1.807, 2.05) is 18.2 Å². The molecule has 2 aromatic rings. The molecule has 1 aliphatic heterocycles. The van der Waals surface area contributed by atoms with Gasteiger partial charge in [-0.1, -0.05) is 26.2 Å². The number of nitrogens with one attached hydrogen (secondary N) is 3. The summed E-state index contributed by atoms with van der Waals surface area (Å²) < 4.78 is 5.47. The van der Waals surface area contributed by atoms with E-state index in [1.165, 1.54) is 0 Å². The second kappa shape index (κ2) is 8.89. The summed E-state index contributed by atoms with van der Waals surface area (Å²) in [7, 11) is 0. The molecule has 0 amide bonds. The summed E-state index contributed by atoms with van der Waals surface area (Å²) in [4.78, 5) is 31.4. The van der Waals surface area contributed by atoms with Crippen LogP contribution in [0.2, 0.25) is 0 Å². The van der Waals surface area contributed by atoms with Crippen molar-refractivity contribution in [1.82, 2.24) is 14.9 Å². The minimum absolute atomic E-state index is 0.104. The zero-order valence-electron chi connectivity index (χ0n) is 15.3. The second-order valence-electron chi connectivity index (χ2n) is 6.87. The number of benzene rings is 1. The summed E-state index contributed by atoms with van der Waals surface area (Å²) in [5.41, 5.74) is 2.25. The molecule has 0 bridgehead atoms. The number of imidazole rings is 1. The maximum Gasteiger partial charge on any atom is 0.323 e. The Kier molecular flexibility index (Phi) is 6.33. The molecular formula is C19H28N4O3. The number of unbranched alkanes of at least 4 members (excludes halogenated alkanes) is 2. The Balaban J connectivity index is 1.56. The maximum absolute atomic E-state index is 12.4. The first kappa shape index (κ1) is 18.5. The molecular weight excluding hydrogens is 332 g/mol. The van der Waals surface area contributed by atoms with Gasteiger partial charge < -0.3 is 20.0 Å². The summed E-state index contributed by atoms with van der Waals surface area (Å²) in [5, 5.41) is 3.36. The first-order valence-electron chi connectivity index (χ1n) is 9.54. The van der Waals surface area contributed by atoms with Crippen molar-refractivity contribution in [1.29, 1.82) is 0 Å². The van der Waals surface area contributed by atoms with Gasteiger partial charge in [0, 0.05) is 12.2 Å². The van der Waals surface area contributed by atoms with Gasteiger partial charge in [0.1, 0.15) is 6.04 Å². The highest BCUT2D eigenvalue weighted by atomic mass is 16.5. The number of hydrogen-bond donors (Lipinski definition) is 3. The fourth-order valence-corrected chi connectivity index (χ4v) is 3.40. The van der Waals surface area contributed by atoms with E-state index in [0.29, 0.717) is 13.3 Å². The van der Waals surface area contributed by atoms with E-state index in [4.69, 9.17) is 4.74 Å². The second-order valence-corrected chi connectivity index (χ2v) is 6.87. The molecule has 0 saturated carbocycles. The number of piperidine rings is 1. The van der Waals surface area contributed by atoms with Gasteiger partial charge in [-0.2, -0.15) is 0 Å². The maximum atomic E-state index is 12.4. The van der Waals surface area contributed by atoms with Crippen molar-refractivity contribution >= 4 is 22.7 Å². The lowest BCUT2D eigenvalue weighted by atomic mass is 10.0. The van der Waals surface area contributed by atoms with Crippen molar-refractivity contribution in [2.45, 2.75) is 51.5 Å². The molecule has 0 radical (unpaired) electrons. The minimum Gasteiger partial charge on any atom is -0.465 e. The number of H-pyrrole nitrogens is 2. The third kappa shape index (κ3) is 4.66. The number of aromatic amines is 2. The van der Waals surface area contributed by atoms with Gasteiger partial charge in [-0.3, -0.25) is 9.69 Å². The molecule has 0 aliphatic carbocycles. The highest BCUT2D eigenvalue weighted by molar-refractivity contribution is 5.79. The highest BCUT2D eigenvalue weighted by Crippen LogP contribution is 2.20. The van der Waals surface area contributed by atoms with Gasteiger partial charge in [-0.05, 0) is 37.5 Å². The molecule has 0 unspecified atom stereocenters. The Morgan fingerprint density at radius 1 is 1.27 bits per heavy atom. The lowest BCUT2D eigenvalue weighted by molar-refractivity contribution is -0.151. The van der Waals surface area contributed by atoms with Gasteiger partial charge in [0.25, 0.3) is 0 Å². The molecule has 7 heteroatoms. The van der Waals surface area contributed by atoms with E-state index in [-0.39, 0.29) is 17.7 Å². The first-order chi connectivity index (χ1) is 12.7. The zero-order chi connectivity index (χ0) is 18.4. The number of fused-ring (bicyclic) bond motifs is 1. The lowest BCUT2D eigenvalue weighted by Gasteiger charge is -2.34. The molecule has 1 aliphatic rings. The number of ether oxygens (including phenoxy) is 1. The Morgan fingerprint density at radius 2 is 2.12 bits per heavy atom. The van der Waals surface area contributed by atoms with Crippen LogP contribution in [0.25, 0.3) is 11.0 Å². The molecule has 3 rings (SSSR count). The number of aromatic nitrogens is 2. The highest BCUT2D eigenvalue weighted by Gasteiger charge is 2.29. The average molecular weight is 360 g/mol. The van der Waals surface area contributed by atoms with Gasteiger partial charge in [0.2, 0.25) is 0 Å². The topological polar surface area (TPSA) is 90.2 Å². The van der Waals surface area contributed by atoms with E-state index in [0.717, 1.165) is 61.8 Å². The number of nitrogens with zero attached hydrogens (tertiary/aromatic N) is 1. The van der Waals surface area contributed by atoms with Gasteiger partial charge in [-0.15, -0.1) is 0 Å². The van der Waals surface area contributed by atoms with Crippen LogP contribution < -0.4 is 11.0 Å². The SMILES string of the molecule is CCCCCOC(=O)[C@@H]1CCCCN1CNc1ccc2[nH]c(=O)[nH]c2c1. The van der Waals surface area contributed by atoms with Crippen LogP contribution in [0.4, 0.5) is 5.69 Å². The standard InChI is InChI=1S/C19H28N4O3/c1-2-3-6-11-26-18(24)17-7-4-5-10-23(17)13-20-14-8-9-15-16(12-14)22-19(25)21-15/h8-9,12,17,20H,2-7,10-11,13H2,1H3,(H2,21,22,25)/t17-/m0/s1. The Labute approximate surface area is 153 Å². The van der Waals surface area contributed by atoms with Gasteiger partial charge >= 0.3 is 11.7 Å². The number of carbonyl (C=O) groups excluding carboxylic acids is 1. The van der Waals surface area contributed by atoms with Gasteiger partial charge in [0.05, 0.1) is 24.3 Å². The molecule has 1 fully saturated rings. The average Bonchev–Trinajstić information content (AvgIpc) is 3.03. The summed E-state index contributed by atoms with van der Waals surface area (Å²) >= 11 is 0. The van der Waals surface area contributed by atoms with Crippen molar-refractivity contribution in [2.75, 3.05) is 25.1 Å². The number of esters is 1. The summed E-state index contributed by atoms with van der Waals surface area (Å²) in [6, 6.07) is 5.52. The van der Waals surface area contributed by atoms with E-state index in [9.17, 15) is 9.59 Å². The molecule has 3 N–H and O–H groups in total. The number of likely N-dealkylation sites (tertiary alicyclic amines) is 1.